The molecule has 0 unspecified atom stereocenters. The second-order valence-electron chi connectivity index (χ2n) is 7.07. The number of ether oxygens (including phenoxy) is 1. The summed E-state index contributed by atoms with van der Waals surface area (Å²) in [5.74, 6) is -0.733. The number of hydrogen-bond acceptors (Lipinski definition) is 4. The SMILES string of the molecule is COC(=O)[C@@H]1C[C@@H](NC(=O)Cc2ccc(F)cc2)CN1CCc1ccccc1. The standard InChI is InChI=1S/C22H25FN2O3/c1-28-22(27)20-14-19(15-25(20)12-11-16-5-3-2-4-6-16)24-21(26)13-17-7-9-18(23)10-8-17/h2-10,19-20H,11-15H2,1H3,(H,24,26)/t19-,20+/m1/s1. The lowest BCUT2D eigenvalue weighted by molar-refractivity contribution is -0.145. The van der Waals surface area contributed by atoms with E-state index in [-0.39, 0.29) is 36.2 Å². The van der Waals surface area contributed by atoms with Crippen molar-refractivity contribution in [2.24, 2.45) is 0 Å². The van der Waals surface area contributed by atoms with E-state index in [2.05, 4.69) is 22.3 Å². The van der Waals surface area contributed by atoms with Gasteiger partial charge in [-0.25, -0.2) is 4.39 Å². The highest BCUT2D eigenvalue weighted by atomic mass is 19.1. The van der Waals surface area contributed by atoms with E-state index in [1.807, 2.05) is 18.2 Å². The van der Waals surface area contributed by atoms with Crippen molar-refractivity contribution in [2.45, 2.75) is 31.3 Å². The highest BCUT2D eigenvalue weighted by molar-refractivity contribution is 5.80. The topological polar surface area (TPSA) is 58.6 Å². The molecule has 1 N–H and O–H groups in total. The van der Waals surface area contributed by atoms with Gasteiger partial charge in [0.2, 0.25) is 5.91 Å². The predicted molar refractivity (Wildman–Crippen MR) is 104 cm³/mol. The zero-order valence-electron chi connectivity index (χ0n) is 15.9. The van der Waals surface area contributed by atoms with E-state index in [0.717, 1.165) is 12.0 Å². The molecule has 2 aromatic carbocycles. The highest BCUT2D eigenvalue weighted by Crippen LogP contribution is 2.20. The summed E-state index contributed by atoms with van der Waals surface area (Å²) in [6.45, 7) is 1.32. The average Bonchev–Trinajstić information content (AvgIpc) is 3.10. The molecule has 0 saturated carbocycles. The van der Waals surface area contributed by atoms with Crippen molar-refractivity contribution in [1.29, 1.82) is 0 Å². The van der Waals surface area contributed by atoms with E-state index < -0.39 is 0 Å². The number of carbonyl (C=O) groups excluding carboxylic acids is 2. The molecule has 1 aliphatic heterocycles. The second kappa shape index (κ2) is 9.46. The Bertz CT molecular complexity index is 795. The fourth-order valence-corrected chi connectivity index (χ4v) is 3.62. The van der Waals surface area contributed by atoms with Crippen LogP contribution in [-0.2, 0) is 27.2 Å². The van der Waals surface area contributed by atoms with E-state index in [9.17, 15) is 14.0 Å². The lowest BCUT2D eigenvalue weighted by atomic mass is 10.1. The van der Waals surface area contributed by atoms with E-state index in [1.165, 1.54) is 24.8 Å². The molecule has 5 nitrogen and oxygen atoms in total. The van der Waals surface area contributed by atoms with Gasteiger partial charge in [-0.3, -0.25) is 14.5 Å². The first-order chi connectivity index (χ1) is 13.5. The molecule has 0 bridgehead atoms. The lowest BCUT2D eigenvalue weighted by Crippen LogP contribution is -2.39. The number of benzene rings is 2. The van der Waals surface area contributed by atoms with E-state index in [1.54, 1.807) is 12.1 Å². The van der Waals surface area contributed by atoms with Gasteiger partial charge >= 0.3 is 5.97 Å². The van der Waals surface area contributed by atoms with Gasteiger partial charge in [0.05, 0.1) is 13.5 Å². The largest absolute Gasteiger partial charge is 0.468 e. The number of esters is 1. The summed E-state index contributed by atoms with van der Waals surface area (Å²) in [5.41, 5.74) is 1.96. The molecule has 0 spiro atoms. The molecule has 2 aromatic rings. The zero-order valence-corrected chi connectivity index (χ0v) is 15.9. The summed E-state index contributed by atoms with van der Waals surface area (Å²) in [4.78, 5) is 26.6. The van der Waals surface area contributed by atoms with Crippen LogP contribution in [0.4, 0.5) is 4.39 Å². The monoisotopic (exact) mass is 384 g/mol. The molecule has 1 aliphatic rings. The number of nitrogens with one attached hydrogen (secondary N) is 1. The third kappa shape index (κ3) is 5.39. The van der Waals surface area contributed by atoms with Crippen LogP contribution in [0.25, 0.3) is 0 Å². The number of amides is 1. The summed E-state index contributed by atoms with van der Waals surface area (Å²) in [6, 6.07) is 15.5. The van der Waals surface area contributed by atoms with Gasteiger partial charge in [0.25, 0.3) is 0 Å². The van der Waals surface area contributed by atoms with Crippen molar-refractivity contribution in [3.8, 4) is 0 Å². The molecule has 2 atom stereocenters. The van der Waals surface area contributed by atoms with Crippen molar-refractivity contribution in [3.05, 3.63) is 71.5 Å². The van der Waals surface area contributed by atoms with Gasteiger partial charge in [-0.15, -0.1) is 0 Å². The van der Waals surface area contributed by atoms with Gasteiger partial charge in [-0.05, 0) is 36.1 Å². The third-order valence-electron chi connectivity index (χ3n) is 5.05. The third-order valence-corrected chi connectivity index (χ3v) is 5.05. The Morgan fingerprint density at radius 1 is 1.11 bits per heavy atom. The van der Waals surface area contributed by atoms with Crippen LogP contribution in [0.15, 0.2) is 54.6 Å². The Kier molecular flexibility index (Phi) is 6.76. The number of nitrogens with zero attached hydrogens (tertiary/aromatic N) is 1. The lowest BCUT2D eigenvalue weighted by Gasteiger charge is -2.22. The number of rotatable bonds is 7. The first-order valence-electron chi connectivity index (χ1n) is 9.45. The average molecular weight is 384 g/mol. The minimum atomic E-state index is -0.357. The smallest absolute Gasteiger partial charge is 0.323 e. The normalized spacial score (nSPS) is 19.4. The minimum absolute atomic E-state index is 0.118. The Balaban J connectivity index is 1.57. The van der Waals surface area contributed by atoms with Gasteiger partial charge in [-0.1, -0.05) is 42.5 Å². The van der Waals surface area contributed by atoms with Crippen LogP contribution in [0.5, 0.6) is 0 Å². The highest BCUT2D eigenvalue weighted by Gasteiger charge is 2.37. The van der Waals surface area contributed by atoms with Crippen molar-refractivity contribution in [3.63, 3.8) is 0 Å². The molecule has 1 amide bonds. The molecule has 0 aromatic heterocycles. The Hall–Kier alpha value is -2.73. The Morgan fingerprint density at radius 3 is 2.50 bits per heavy atom. The molecule has 0 radical (unpaired) electrons. The molecular formula is C22H25FN2O3. The predicted octanol–water partition coefficient (Wildman–Crippen LogP) is 2.34. The molecule has 6 heteroatoms. The quantitative estimate of drug-likeness (QED) is 0.745. The Morgan fingerprint density at radius 2 is 1.82 bits per heavy atom. The van der Waals surface area contributed by atoms with Crippen LogP contribution in [0.1, 0.15) is 17.5 Å². The number of likely N-dealkylation sites (tertiary alicyclic amines) is 1. The van der Waals surface area contributed by atoms with Crippen LogP contribution in [0, 0.1) is 5.82 Å². The second-order valence-corrected chi connectivity index (χ2v) is 7.07. The maximum atomic E-state index is 13.0. The van der Waals surface area contributed by atoms with Crippen LogP contribution in [0.2, 0.25) is 0 Å². The van der Waals surface area contributed by atoms with E-state index in [4.69, 9.17) is 4.74 Å². The maximum absolute atomic E-state index is 13.0. The zero-order chi connectivity index (χ0) is 19.9. The molecule has 3 rings (SSSR count). The molecule has 28 heavy (non-hydrogen) atoms. The Labute approximate surface area is 164 Å². The van der Waals surface area contributed by atoms with Crippen molar-refractivity contribution >= 4 is 11.9 Å². The number of methoxy groups -OCH3 is 1. The van der Waals surface area contributed by atoms with Crippen LogP contribution < -0.4 is 5.32 Å². The van der Waals surface area contributed by atoms with E-state index >= 15 is 0 Å². The van der Waals surface area contributed by atoms with Crippen molar-refractivity contribution in [1.82, 2.24) is 10.2 Å². The van der Waals surface area contributed by atoms with Gasteiger partial charge in [-0.2, -0.15) is 0 Å². The summed E-state index contributed by atoms with van der Waals surface area (Å²) in [7, 11) is 1.39. The summed E-state index contributed by atoms with van der Waals surface area (Å²) < 4.78 is 17.9. The summed E-state index contributed by atoms with van der Waals surface area (Å²) >= 11 is 0. The van der Waals surface area contributed by atoms with Gasteiger partial charge in [0, 0.05) is 19.1 Å². The number of carbonyl (C=O) groups is 2. The maximum Gasteiger partial charge on any atom is 0.323 e. The number of hydrogen-bond donors (Lipinski definition) is 1. The first-order valence-corrected chi connectivity index (χ1v) is 9.45. The first kappa shape index (κ1) is 20.0. The van der Waals surface area contributed by atoms with Crippen LogP contribution in [0.3, 0.4) is 0 Å². The number of halogens is 1. The molecule has 1 heterocycles. The summed E-state index contributed by atoms with van der Waals surface area (Å²) in [5, 5.41) is 3.00. The fraction of sp³-hybridized carbons (Fsp3) is 0.364. The fourth-order valence-electron chi connectivity index (χ4n) is 3.62. The summed E-state index contributed by atoms with van der Waals surface area (Å²) in [6.07, 6.45) is 1.53. The molecular weight excluding hydrogens is 359 g/mol. The molecule has 1 saturated heterocycles. The van der Waals surface area contributed by atoms with Gasteiger partial charge in [0.1, 0.15) is 11.9 Å². The van der Waals surface area contributed by atoms with E-state index in [0.29, 0.717) is 19.5 Å². The van der Waals surface area contributed by atoms with Gasteiger partial charge in [0.15, 0.2) is 0 Å². The van der Waals surface area contributed by atoms with Crippen LogP contribution >= 0.6 is 0 Å². The molecule has 148 valence electrons. The molecule has 0 aliphatic carbocycles. The van der Waals surface area contributed by atoms with Gasteiger partial charge < -0.3 is 10.1 Å². The minimum Gasteiger partial charge on any atom is -0.468 e. The van der Waals surface area contributed by atoms with Crippen molar-refractivity contribution < 1.29 is 18.7 Å². The van der Waals surface area contributed by atoms with Crippen molar-refractivity contribution in [2.75, 3.05) is 20.2 Å². The van der Waals surface area contributed by atoms with Crippen LogP contribution in [-0.4, -0.2) is 49.1 Å². The molecule has 1 fully saturated rings.